The molecule has 6 rings (SSSR count). The zero-order valence-corrected chi connectivity index (χ0v) is 24.6. The normalized spacial score (nSPS) is 19.5. The van der Waals surface area contributed by atoms with Gasteiger partial charge in [0.2, 0.25) is 5.91 Å². The quantitative estimate of drug-likeness (QED) is 0.243. The van der Waals surface area contributed by atoms with E-state index >= 15 is 0 Å². The first-order valence-corrected chi connectivity index (χ1v) is 14.3. The van der Waals surface area contributed by atoms with E-state index < -0.39 is 5.82 Å². The van der Waals surface area contributed by atoms with Crippen molar-refractivity contribution in [2.75, 3.05) is 51.2 Å². The molecule has 2 fully saturated rings. The summed E-state index contributed by atoms with van der Waals surface area (Å²) in [6.07, 6.45) is 2.74. The summed E-state index contributed by atoms with van der Waals surface area (Å²) in [5.74, 6) is 0.278. The number of hydrogen-bond donors (Lipinski definition) is 1. The van der Waals surface area contributed by atoms with E-state index in [9.17, 15) is 9.18 Å². The highest BCUT2D eigenvalue weighted by Crippen LogP contribution is 2.37. The molecule has 1 aromatic carbocycles. The number of H-pyrrole nitrogens is 1. The largest absolute Gasteiger partial charge is 0.485 e. The molecule has 14 heteroatoms. The number of piperazine rings is 1. The Balaban J connectivity index is 1.40. The number of benzene rings is 1. The highest BCUT2D eigenvalue weighted by atomic mass is 35.5. The maximum atomic E-state index is 14.5. The van der Waals surface area contributed by atoms with Gasteiger partial charge in [-0.1, -0.05) is 36.7 Å². The minimum absolute atomic E-state index is 0.0946. The van der Waals surface area contributed by atoms with Crippen molar-refractivity contribution in [3.05, 3.63) is 52.7 Å². The van der Waals surface area contributed by atoms with Crippen LogP contribution in [0.3, 0.4) is 0 Å². The summed E-state index contributed by atoms with van der Waals surface area (Å²) in [4.78, 5) is 32.3. The van der Waals surface area contributed by atoms with Crippen molar-refractivity contribution >= 4 is 56.7 Å². The molecule has 220 valence electrons. The molecule has 1 amide bonds. The van der Waals surface area contributed by atoms with Gasteiger partial charge in [-0.05, 0) is 19.2 Å². The molecule has 42 heavy (non-hydrogen) atoms. The zero-order valence-electron chi connectivity index (χ0n) is 23.1. The number of likely N-dealkylation sites (N-methyl/N-ethyl adjacent to an activating group) is 1. The summed E-state index contributed by atoms with van der Waals surface area (Å²) >= 11 is 12.8. The Hall–Kier alpha value is -3.74. The minimum atomic E-state index is -0.641. The maximum Gasteiger partial charge on any atom is 0.319 e. The SMILES string of the molecule is C=CC(=O)N1CCN(c2nc(O[C@@H]3CN(C)CC3C)nc3c(COc4c(Cl)c(F)cc5[nH]ncc45)nc(Cl)cc23)CC1. The van der Waals surface area contributed by atoms with Crippen molar-refractivity contribution in [1.29, 1.82) is 0 Å². The number of nitrogens with zero attached hydrogens (tertiary/aromatic N) is 7. The van der Waals surface area contributed by atoms with Gasteiger partial charge in [0.1, 0.15) is 45.7 Å². The lowest BCUT2D eigenvalue weighted by Crippen LogP contribution is -2.48. The highest BCUT2D eigenvalue weighted by molar-refractivity contribution is 6.33. The van der Waals surface area contributed by atoms with Crippen LogP contribution < -0.4 is 14.4 Å². The molecule has 2 atom stereocenters. The van der Waals surface area contributed by atoms with Gasteiger partial charge >= 0.3 is 6.01 Å². The third-order valence-electron chi connectivity index (χ3n) is 7.68. The van der Waals surface area contributed by atoms with Gasteiger partial charge in [-0.3, -0.25) is 9.89 Å². The number of anilines is 1. The Bertz CT molecular complexity index is 1680. The molecular formula is C28H29Cl2FN8O3. The van der Waals surface area contributed by atoms with Crippen LogP contribution in [-0.4, -0.2) is 93.3 Å². The Morgan fingerprint density at radius 3 is 2.67 bits per heavy atom. The van der Waals surface area contributed by atoms with Crippen LogP contribution in [0.5, 0.6) is 11.8 Å². The topological polar surface area (TPSA) is 113 Å². The van der Waals surface area contributed by atoms with E-state index in [0.717, 1.165) is 13.1 Å². The number of rotatable bonds is 7. The first-order chi connectivity index (χ1) is 20.2. The van der Waals surface area contributed by atoms with Crippen LogP contribution in [0.1, 0.15) is 12.6 Å². The zero-order chi connectivity index (χ0) is 29.5. The Morgan fingerprint density at radius 2 is 1.95 bits per heavy atom. The van der Waals surface area contributed by atoms with Crippen LogP contribution in [0.4, 0.5) is 10.2 Å². The minimum Gasteiger partial charge on any atom is -0.485 e. The summed E-state index contributed by atoms with van der Waals surface area (Å²) < 4.78 is 26.9. The summed E-state index contributed by atoms with van der Waals surface area (Å²) in [6, 6.07) is 3.17. The highest BCUT2D eigenvalue weighted by Gasteiger charge is 2.31. The van der Waals surface area contributed by atoms with Crippen LogP contribution in [0.2, 0.25) is 10.2 Å². The summed E-state index contributed by atoms with van der Waals surface area (Å²) in [5, 5.41) is 7.93. The number of aromatic nitrogens is 5. The lowest BCUT2D eigenvalue weighted by molar-refractivity contribution is -0.126. The monoisotopic (exact) mass is 614 g/mol. The first-order valence-electron chi connectivity index (χ1n) is 13.5. The number of likely N-dealkylation sites (tertiary alicyclic amines) is 1. The van der Waals surface area contributed by atoms with Gasteiger partial charge in [0.25, 0.3) is 0 Å². The van der Waals surface area contributed by atoms with Crippen molar-refractivity contribution in [3.63, 3.8) is 0 Å². The predicted octanol–water partition coefficient (Wildman–Crippen LogP) is 4.09. The molecule has 0 aliphatic carbocycles. The van der Waals surface area contributed by atoms with Crippen LogP contribution >= 0.6 is 23.2 Å². The number of fused-ring (bicyclic) bond motifs is 2. The maximum absolute atomic E-state index is 14.5. The van der Waals surface area contributed by atoms with E-state index in [1.54, 1.807) is 11.0 Å². The van der Waals surface area contributed by atoms with Gasteiger partial charge in [-0.25, -0.2) is 9.37 Å². The molecule has 4 aromatic rings. The smallest absolute Gasteiger partial charge is 0.319 e. The van der Waals surface area contributed by atoms with Crippen LogP contribution in [-0.2, 0) is 11.4 Å². The molecule has 2 saturated heterocycles. The van der Waals surface area contributed by atoms with Gasteiger partial charge in [0.15, 0.2) is 5.75 Å². The fraction of sp³-hybridized carbons (Fsp3) is 0.393. The Morgan fingerprint density at radius 1 is 1.17 bits per heavy atom. The number of pyridine rings is 1. The molecule has 0 bridgehead atoms. The van der Waals surface area contributed by atoms with E-state index in [1.165, 1.54) is 18.3 Å². The molecule has 0 saturated carbocycles. The summed E-state index contributed by atoms with van der Waals surface area (Å²) in [5.41, 5.74) is 1.33. The van der Waals surface area contributed by atoms with E-state index in [-0.39, 0.29) is 46.5 Å². The second kappa shape index (κ2) is 11.5. The molecule has 3 aromatic heterocycles. The van der Waals surface area contributed by atoms with Crippen molar-refractivity contribution in [2.45, 2.75) is 19.6 Å². The van der Waals surface area contributed by atoms with Gasteiger partial charge in [0.05, 0.1) is 17.1 Å². The fourth-order valence-electron chi connectivity index (χ4n) is 5.53. The second-order valence-corrected chi connectivity index (χ2v) is 11.4. The van der Waals surface area contributed by atoms with E-state index in [4.69, 9.17) is 42.6 Å². The van der Waals surface area contributed by atoms with Crippen LogP contribution in [0, 0.1) is 11.7 Å². The molecule has 0 spiro atoms. The molecular weight excluding hydrogens is 586 g/mol. The molecule has 11 nitrogen and oxygen atoms in total. The number of hydrogen-bond acceptors (Lipinski definition) is 9. The molecule has 2 aliphatic rings. The van der Waals surface area contributed by atoms with Crippen molar-refractivity contribution < 1.29 is 18.7 Å². The number of carbonyl (C=O) groups is 1. The van der Waals surface area contributed by atoms with Crippen molar-refractivity contribution in [3.8, 4) is 11.8 Å². The van der Waals surface area contributed by atoms with Crippen LogP contribution in [0.15, 0.2) is 31.0 Å². The lowest BCUT2D eigenvalue weighted by atomic mass is 10.1. The number of halogens is 3. The third-order valence-corrected chi connectivity index (χ3v) is 8.22. The van der Waals surface area contributed by atoms with Gasteiger partial charge < -0.3 is 24.2 Å². The molecule has 5 heterocycles. The van der Waals surface area contributed by atoms with Crippen molar-refractivity contribution in [1.82, 2.24) is 34.9 Å². The fourth-order valence-corrected chi connectivity index (χ4v) is 5.95. The van der Waals surface area contributed by atoms with Crippen LogP contribution in [0.25, 0.3) is 21.8 Å². The average Bonchev–Trinajstić information content (AvgIpc) is 3.57. The number of carbonyl (C=O) groups excluding carboxylic acids is 1. The third kappa shape index (κ3) is 5.41. The van der Waals surface area contributed by atoms with E-state index in [2.05, 4.69) is 38.5 Å². The molecule has 1 unspecified atom stereocenters. The predicted molar refractivity (Wildman–Crippen MR) is 158 cm³/mol. The molecule has 2 aliphatic heterocycles. The molecule has 1 N–H and O–H groups in total. The Kier molecular flexibility index (Phi) is 7.77. The summed E-state index contributed by atoms with van der Waals surface area (Å²) in [6.45, 7) is 9.35. The van der Waals surface area contributed by atoms with Gasteiger partial charge in [-0.2, -0.15) is 15.1 Å². The first kappa shape index (κ1) is 28.4. The van der Waals surface area contributed by atoms with Gasteiger partial charge in [-0.15, -0.1) is 0 Å². The second-order valence-electron chi connectivity index (χ2n) is 10.6. The van der Waals surface area contributed by atoms with E-state index in [1.807, 2.05) is 7.05 Å². The number of aromatic amines is 1. The summed E-state index contributed by atoms with van der Waals surface area (Å²) in [7, 11) is 2.05. The van der Waals surface area contributed by atoms with Gasteiger partial charge in [0, 0.05) is 56.6 Å². The standard InChI is InChI=1S/C28H29Cl2FN8O3/c1-4-23(40)38-5-7-39(8-6-38)27-16-9-22(29)33-20(14-41-26-17-11-32-36-19(17)10-18(31)24(26)30)25(16)34-28(35-27)42-21-13-37(3)12-15(21)2/h4,9-11,15,21H,1,5-8,12-14H2,2-3H3,(H,32,36)/t15?,21-/m1/s1. The van der Waals surface area contributed by atoms with Crippen molar-refractivity contribution in [2.24, 2.45) is 5.92 Å². The number of amides is 1. The number of nitrogens with one attached hydrogen (secondary N) is 1. The molecule has 0 radical (unpaired) electrons. The van der Waals surface area contributed by atoms with E-state index in [0.29, 0.717) is 59.5 Å². The lowest BCUT2D eigenvalue weighted by Gasteiger charge is -2.35. The average molecular weight is 615 g/mol. The Labute approximate surface area is 251 Å². The number of ether oxygens (including phenoxy) is 2.